The van der Waals surface area contributed by atoms with Crippen molar-refractivity contribution in [3.63, 3.8) is 0 Å². The van der Waals surface area contributed by atoms with Crippen molar-refractivity contribution >= 4 is 5.97 Å². The maximum atomic E-state index is 10.3. The van der Waals surface area contributed by atoms with Gasteiger partial charge in [-0.3, -0.25) is 4.79 Å². The van der Waals surface area contributed by atoms with E-state index in [0.717, 1.165) is 19.3 Å². The molecule has 0 radical (unpaired) electrons. The molecule has 0 bridgehead atoms. The first kappa shape index (κ1) is 13.2. The summed E-state index contributed by atoms with van der Waals surface area (Å²) in [6, 6.07) is 0. The van der Waals surface area contributed by atoms with Crippen LogP contribution < -0.4 is 0 Å². The SMILES string of the molecule is CCCC/C=C\C[C@H](C)CCC(=O)O. The monoisotopic (exact) mass is 198 g/mol. The summed E-state index contributed by atoms with van der Waals surface area (Å²) in [5.41, 5.74) is 0. The van der Waals surface area contributed by atoms with Crippen LogP contribution in [0.3, 0.4) is 0 Å². The van der Waals surface area contributed by atoms with Crippen LogP contribution >= 0.6 is 0 Å². The van der Waals surface area contributed by atoms with Crippen molar-refractivity contribution in [3.05, 3.63) is 12.2 Å². The summed E-state index contributed by atoms with van der Waals surface area (Å²) < 4.78 is 0. The minimum absolute atomic E-state index is 0.296. The number of hydrogen-bond acceptors (Lipinski definition) is 1. The first-order valence-electron chi connectivity index (χ1n) is 5.53. The average Bonchev–Trinajstić information content (AvgIpc) is 2.14. The van der Waals surface area contributed by atoms with Gasteiger partial charge in [0.1, 0.15) is 0 Å². The van der Waals surface area contributed by atoms with E-state index in [9.17, 15) is 4.79 Å². The standard InChI is InChI=1S/C12H22O2/c1-3-4-5-6-7-8-11(2)9-10-12(13)14/h6-7,11H,3-5,8-10H2,1-2H3,(H,13,14)/b7-6-/t11-/m0/s1. The second-order valence-electron chi connectivity index (χ2n) is 3.89. The molecule has 0 saturated carbocycles. The molecule has 1 N–H and O–H groups in total. The van der Waals surface area contributed by atoms with E-state index in [-0.39, 0.29) is 0 Å². The van der Waals surface area contributed by atoms with Gasteiger partial charge < -0.3 is 5.11 Å². The molecule has 2 heteroatoms. The number of hydrogen-bond donors (Lipinski definition) is 1. The van der Waals surface area contributed by atoms with E-state index in [2.05, 4.69) is 26.0 Å². The summed E-state index contributed by atoms with van der Waals surface area (Å²) in [5, 5.41) is 8.49. The number of allylic oxidation sites excluding steroid dienone is 2. The molecule has 14 heavy (non-hydrogen) atoms. The molecule has 0 heterocycles. The van der Waals surface area contributed by atoms with E-state index in [1.54, 1.807) is 0 Å². The van der Waals surface area contributed by atoms with E-state index >= 15 is 0 Å². The van der Waals surface area contributed by atoms with Crippen LogP contribution in [0, 0.1) is 5.92 Å². The van der Waals surface area contributed by atoms with E-state index in [4.69, 9.17) is 5.11 Å². The second kappa shape index (κ2) is 8.79. The van der Waals surface area contributed by atoms with Crippen molar-refractivity contribution in [2.75, 3.05) is 0 Å². The maximum Gasteiger partial charge on any atom is 0.303 e. The number of rotatable bonds is 8. The molecule has 0 unspecified atom stereocenters. The summed E-state index contributed by atoms with van der Waals surface area (Å²) in [6.07, 6.45) is 10.1. The molecule has 0 aliphatic carbocycles. The minimum Gasteiger partial charge on any atom is -0.481 e. The summed E-state index contributed by atoms with van der Waals surface area (Å²) >= 11 is 0. The van der Waals surface area contributed by atoms with Gasteiger partial charge in [0, 0.05) is 6.42 Å². The number of aliphatic carboxylic acids is 1. The van der Waals surface area contributed by atoms with Crippen molar-refractivity contribution in [2.45, 2.75) is 52.4 Å². The molecule has 82 valence electrons. The van der Waals surface area contributed by atoms with Crippen molar-refractivity contribution in [3.8, 4) is 0 Å². The third-order valence-corrected chi connectivity index (χ3v) is 2.28. The largest absolute Gasteiger partial charge is 0.481 e. The van der Waals surface area contributed by atoms with Crippen LogP contribution in [0.1, 0.15) is 52.4 Å². The molecule has 1 atom stereocenters. The molecule has 2 nitrogen and oxygen atoms in total. The Balaban J connectivity index is 3.38. The first-order chi connectivity index (χ1) is 6.66. The topological polar surface area (TPSA) is 37.3 Å². The third-order valence-electron chi connectivity index (χ3n) is 2.28. The predicted molar refractivity (Wildman–Crippen MR) is 59.3 cm³/mol. The summed E-state index contributed by atoms with van der Waals surface area (Å²) in [7, 11) is 0. The molecule has 0 rings (SSSR count). The van der Waals surface area contributed by atoms with Crippen molar-refractivity contribution < 1.29 is 9.90 Å². The van der Waals surface area contributed by atoms with Crippen LogP contribution in [0.5, 0.6) is 0 Å². The second-order valence-corrected chi connectivity index (χ2v) is 3.89. The average molecular weight is 198 g/mol. The highest BCUT2D eigenvalue weighted by atomic mass is 16.4. The van der Waals surface area contributed by atoms with Gasteiger partial charge in [-0.2, -0.15) is 0 Å². The zero-order valence-electron chi connectivity index (χ0n) is 9.33. The Bertz CT molecular complexity index is 173. The lowest BCUT2D eigenvalue weighted by atomic mass is 10.0. The lowest BCUT2D eigenvalue weighted by molar-refractivity contribution is -0.137. The molecule has 0 amide bonds. The van der Waals surface area contributed by atoms with Gasteiger partial charge in [0.15, 0.2) is 0 Å². The van der Waals surface area contributed by atoms with Gasteiger partial charge in [0.2, 0.25) is 0 Å². The van der Waals surface area contributed by atoms with Crippen LogP contribution in [0.25, 0.3) is 0 Å². The van der Waals surface area contributed by atoms with Gasteiger partial charge in [-0.1, -0.05) is 38.8 Å². The minimum atomic E-state index is -0.688. The molecular formula is C12H22O2. The molecule has 0 fully saturated rings. The highest BCUT2D eigenvalue weighted by molar-refractivity contribution is 5.66. The van der Waals surface area contributed by atoms with Crippen molar-refractivity contribution in [1.82, 2.24) is 0 Å². The molecule has 0 aliphatic rings. The van der Waals surface area contributed by atoms with Crippen molar-refractivity contribution in [2.24, 2.45) is 5.92 Å². The molecule has 0 aromatic heterocycles. The number of carboxylic acids is 1. The summed E-state index contributed by atoms with van der Waals surface area (Å²) in [6.45, 7) is 4.29. The quantitative estimate of drug-likeness (QED) is 0.477. The Labute approximate surface area is 87.0 Å². The molecule has 0 saturated heterocycles. The number of carbonyl (C=O) groups is 1. The zero-order valence-corrected chi connectivity index (χ0v) is 9.33. The predicted octanol–water partition coefficient (Wildman–Crippen LogP) is 3.62. The first-order valence-corrected chi connectivity index (χ1v) is 5.53. The molecular weight excluding hydrogens is 176 g/mol. The fourth-order valence-corrected chi connectivity index (χ4v) is 1.26. The Hall–Kier alpha value is -0.790. The molecule has 0 aromatic carbocycles. The van der Waals surface area contributed by atoms with Crippen LogP contribution in [-0.4, -0.2) is 11.1 Å². The number of unbranched alkanes of at least 4 members (excludes halogenated alkanes) is 2. The van der Waals surface area contributed by atoms with Gasteiger partial charge in [-0.25, -0.2) is 0 Å². The highest BCUT2D eigenvalue weighted by Gasteiger charge is 2.02. The zero-order chi connectivity index (χ0) is 10.8. The van der Waals surface area contributed by atoms with E-state index < -0.39 is 5.97 Å². The Morgan fingerprint density at radius 2 is 2.14 bits per heavy atom. The van der Waals surface area contributed by atoms with E-state index in [1.165, 1.54) is 12.8 Å². The smallest absolute Gasteiger partial charge is 0.303 e. The highest BCUT2D eigenvalue weighted by Crippen LogP contribution is 2.11. The molecule has 0 spiro atoms. The maximum absolute atomic E-state index is 10.3. The lowest BCUT2D eigenvalue weighted by Crippen LogP contribution is -1.99. The summed E-state index contributed by atoms with van der Waals surface area (Å²) in [5.74, 6) is -0.198. The van der Waals surface area contributed by atoms with Gasteiger partial charge in [-0.15, -0.1) is 0 Å². The van der Waals surface area contributed by atoms with E-state index in [1.807, 2.05) is 0 Å². The number of carboxylic acid groups (broad SMARTS) is 1. The normalized spacial score (nSPS) is 13.3. The van der Waals surface area contributed by atoms with Crippen LogP contribution in [0.2, 0.25) is 0 Å². The fraction of sp³-hybridized carbons (Fsp3) is 0.750. The van der Waals surface area contributed by atoms with Crippen LogP contribution in [-0.2, 0) is 4.79 Å². The van der Waals surface area contributed by atoms with Crippen LogP contribution in [0.15, 0.2) is 12.2 Å². The van der Waals surface area contributed by atoms with E-state index in [0.29, 0.717) is 12.3 Å². The van der Waals surface area contributed by atoms with Gasteiger partial charge >= 0.3 is 5.97 Å². The fourth-order valence-electron chi connectivity index (χ4n) is 1.26. The van der Waals surface area contributed by atoms with Crippen molar-refractivity contribution in [1.29, 1.82) is 0 Å². The third kappa shape index (κ3) is 9.30. The Morgan fingerprint density at radius 1 is 1.43 bits per heavy atom. The van der Waals surface area contributed by atoms with Crippen LogP contribution in [0.4, 0.5) is 0 Å². The molecule has 0 aromatic rings. The Morgan fingerprint density at radius 3 is 2.71 bits per heavy atom. The van der Waals surface area contributed by atoms with Gasteiger partial charge in [0.05, 0.1) is 0 Å². The molecule has 0 aliphatic heterocycles. The lowest BCUT2D eigenvalue weighted by Gasteiger charge is -2.05. The van der Waals surface area contributed by atoms with Gasteiger partial charge in [-0.05, 0) is 25.2 Å². The van der Waals surface area contributed by atoms with Gasteiger partial charge in [0.25, 0.3) is 0 Å². The summed E-state index contributed by atoms with van der Waals surface area (Å²) in [4.78, 5) is 10.3. The Kier molecular flexibility index (Phi) is 8.30.